The van der Waals surface area contributed by atoms with E-state index in [1.807, 2.05) is 0 Å². The van der Waals surface area contributed by atoms with E-state index in [0.29, 0.717) is 12.8 Å². The van der Waals surface area contributed by atoms with Gasteiger partial charge in [0.1, 0.15) is 12.2 Å². The number of alkyl halides is 3. The molecule has 1 aliphatic carbocycles. The quantitative estimate of drug-likeness (QED) is 0.426. The molecule has 0 aliphatic heterocycles. The van der Waals surface area contributed by atoms with Crippen molar-refractivity contribution in [2.45, 2.75) is 60.2 Å². The van der Waals surface area contributed by atoms with Gasteiger partial charge in [-0.3, -0.25) is 4.79 Å². The van der Waals surface area contributed by atoms with Crippen molar-refractivity contribution in [3.63, 3.8) is 0 Å². The smallest absolute Gasteiger partial charge is 0.450 e. The third kappa shape index (κ3) is 6.72. The summed E-state index contributed by atoms with van der Waals surface area (Å²) in [6.45, 7) is 0. The second-order valence-electron chi connectivity index (χ2n) is 7.32. The first-order chi connectivity index (χ1) is 14.0. The first kappa shape index (κ1) is 24.7. The lowest BCUT2D eigenvalue weighted by Gasteiger charge is -2.35. The van der Waals surface area contributed by atoms with E-state index in [9.17, 15) is 23.1 Å². The third-order valence-electron chi connectivity index (χ3n) is 5.14. The van der Waals surface area contributed by atoms with Crippen LogP contribution in [0.2, 0.25) is 0 Å². The highest BCUT2D eigenvalue weighted by Gasteiger charge is 2.40. The minimum absolute atomic E-state index is 0.00608. The van der Waals surface area contributed by atoms with Crippen molar-refractivity contribution < 1.29 is 32.2 Å². The van der Waals surface area contributed by atoms with E-state index in [0.717, 1.165) is 25.5 Å². The Morgan fingerprint density at radius 1 is 1.17 bits per heavy atom. The minimum Gasteiger partial charge on any atom is -0.450 e. The van der Waals surface area contributed by atoms with Crippen LogP contribution in [0.5, 0.6) is 0 Å². The molecule has 1 saturated carbocycles. The molecule has 0 heterocycles. The number of carboxylic acid groups (broad SMARTS) is 1. The summed E-state index contributed by atoms with van der Waals surface area (Å²) < 4.78 is 43.9. The molecule has 3 atom stereocenters. The summed E-state index contributed by atoms with van der Waals surface area (Å²) >= 11 is 11.2. The number of hydrogen-bond donors (Lipinski definition) is 2. The predicted octanol–water partition coefficient (Wildman–Crippen LogP) is 4.03. The Morgan fingerprint density at radius 3 is 2.20 bits per heavy atom. The zero-order valence-electron chi connectivity index (χ0n) is 16.3. The van der Waals surface area contributed by atoms with Crippen molar-refractivity contribution in [2.75, 3.05) is 6.26 Å². The Morgan fingerprint density at radius 2 is 1.73 bits per heavy atom. The molecule has 0 saturated heterocycles. The number of hydrogen-bond acceptors (Lipinski definition) is 5. The van der Waals surface area contributed by atoms with Gasteiger partial charge in [0, 0.05) is 6.26 Å². The fourth-order valence-corrected chi connectivity index (χ4v) is 4.41. The van der Waals surface area contributed by atoms with Gasteiger partial charge in [0.05, 0.1) is 4.90 Å². The summed E-state index contributed by atoms with van der Waals surface area (Å²) in [5, 5.41) is 11.6. The topological polar surface area (TPSA) is 110 Å². The molecule has 0 radical (unpaired) electrons. The molecule has 7 nitrogen and oxygen atoms in total. The molecule has 0 aromatic heterocycles. The van der Waals surface area contributed by atoms with Gasteiger partial charge in [-0.25, -0.2) is 17.6 Å². The fourth-order valence-electron chi connectivity index (χ4n) is 3.66. The molecule has 30 heavy (non-hydrogen) atoms. The van der Waals surface area contributed by atoms with Crippen molar-refractivity contribution in [3.05, 3.63) is 29.8 Å². The summed E-state index contributed by atoms with van der Waals surface area (Å²) in [5.41, 5.74) is 0.189. The summed E-state index contributed by atoms with van der Waals surface area (Å²) in [4.78, 5) is 22.0. The summed E-state index contributed by atoms with van der Waals surface area (Å²) in [7, 11) is -3.49. The van der Waals surface area contributed by atoms with Crippen LogP contribution in [0.1, 0.15) is 43.8 Å². The Hall–Kier alpha value is -1.58. The van der Waals surface area contributed by atoms with Gasteiger partial charge >= 0.3 is 6.16 Å². The molecule has 1 aromatic carbocycles. The highest BCUT2D eigenvalue weighted by atomic mass is 35.5. The van der Waals surface area contributed by atoms with E-state index in [1.54, 1.807) is 0 Å². The van der Waals surface area contributed by atoms with Crippen LogP contribution in [-0.4, -0.2) is 48.9 Å². The normalized spacial score (nSPS) is 18.4. The van der Waals surface area contributed by atoms with Crippen molar-refractivity contribution in [3.8, 4) is 0 Å². The molecule has 1 unspecified atom stereocenters. The van der Waals surface area contributed by atoms with E-state index in [4.69, 9.17) is 27.9 Å². The highest BCUT2D eigenvalue weighted by Crippen LogP contribution is 2.35. The SMILES string of the molecule is CS(=O)(=O)c1ccc([C@@H](OC(=O)O)[C@H](NC(=O)C(Cl)Cl)C(F)C2CCCCC2)cc1. The van der Waals surface area contributed by atoms with Crippen LogP contribution >= 0.6 is 23.2 Å². The van der Waals surface area contributed by atoms with Crippen LogP contribution in [0.15, 0.2) is 29.2 Å². The second kappa shape index (κ2) is 10.6. The largest absolute Gasteiger partial charge is 0.506 e. The standard InChI is InChI=1S/C19H24Cl2FNO6S/c1-30(27,28)13-9-7-12(8-10-13)16(29-19(25)26)15(23-18(24)17(20)21)14(22)11-5-3-2-4-6-11/h7-11,14-17H,2-6H2,1H3,(H,23,24)(H,25,26)/t14?,15-,16-/m1/s1. The van der Waals surface area contributed by atoms with E-state index >= 15 is 4.39 Å². The van der Waals surface area contributed by atoms with Crippen LogP contribution in [0.3, 0.4) is 0 Å². The van der Waals surface area contributed by atoms with Gasteiger partial charge in [0.2, 0.25) is 0 Å². The Bertz CT molecular complexity index is 843. The van der Waals surface area contributed by atoms with Gasteiger partial charge in [-0.1, -0.05) is 54.6 Å². The van der Waals surface area contributed by atoms with Crippen LogP contribution in [0, 0.1) is 5.92 Å². The third-order valence-corrected chi connectivity index (χ3v) is 6.67. The average molecular weight is 484 g/mol. The van der Waals surface area contributed by atoms with Gasteiger partial charge < -0.3 is 15.2 Å². The lowest BCUT2D eigenvalue weighted by Crippen LogP contribution is -2.51. The van der Waals surface area contributed by atoms with E-state index < -0.39 is 51.0 Å². The molecular weight excluding hydrogens is 460 g/mol. The summed E-state index contributed by atoms with van der Waals surface area (Å²) in [5.74, 6) is -1.28. The van der Waals surface area contributed by atoms with E-state index in [1.165, 1.54) is 24.3 Å². The van der Waals surface area contributed by atoms with Gasteiger partial charge in [-0.05, 0) is 36.5 Å². The molecular formula is C19H24Cl2FNO6S. The Kier molecular flexibility index (Phi) is 8.75. The first-order valence-electron chi connectivity index (χ1n) is 9.43. The molecule has 1 fully saturated rings. The second-order valence-corrected chi connectivity index (χ2v) is 10.4. The lowest BCUT2D eigenvalue weighted by molar-refractivity contribution is -0.122. The molecule has 1 amide bonds. The molecule has 0 bridgehead atoms. The summed E-state index contributed by atoms with van der Waals surface area (Å²) in [6.07, 6.45) is 0.114. The number of benzene rings is 1. The molecule has 1 aromatic rings. The number of sulfone groups is 1. The zero-order valence-corrected chi connectivity index (χ0v) is 18.6. The maximum Gasteiger partial charge on any atom is 0.506 e. The molecule has 2 rings (SSSR count). The van der Waals surface area contributed by atoms with Gasteiger partial charge in [0.25, 0.3) is 5.91 Å². The number of amides is 1. The van der Waals surface area contributed by atoms with Crippen LogP contribution in [0.25, 0.3) is 0 Å². The van der Waals surface area contributed by atoms with Crippen LogP contribution in [0.4, 0.5) is 9.18 Å². The Balaban J connectivity index is 2.43. The van der Waals surface area contributed by atoms with E-state index in [2.05, 4.69) is 5.32 Å². The highest BCUT2D eigenvalue weighted by molar-refractivity contribution is 7.90. The average Bonchev–Trinajstić information content (AvgIpc) is 2.69. The molecule has 2 N–H and O–H groups in total. The number of nitrogens with one attached hydrogen (secondary N) is 1. The minimum atomic E-state index is -3.49. The fraction of sp³-hybridized carbons (Fsp3) is 0.579. The number of rotatable bonds is 8. The lowest BCUT2D eigenvalue weighted by atomic mass is 9.81. The van der Waals surface area contributed by atoms with Gasteiger partial charge in [0.15, 0.2) is 20.8 Å². The van der Waals surface area contributed by atoms with Crippen molar-refractivity contribution in [1.29, 1.82) is 0 Å². The number of carbonyl (C=O) groups excluding carboxylic acids is 1. The molecule has 168 valence electrons. The monoisotopic (exact) mass is 483 g/mol. The van der Waals surface area contributed by atoms with Crippen molar-refractivity contribution in [2.24, 2.45) is 5.92 Å². The first-order valence-corrected chi connectivity index (χ1v) is 12.2. The number of ether oxygens (including phenoxy) is 1. The Labute approximate surface area is 184 Å². The maximum atomic E-state index is 15.6. The van der Waals surface area contributed by atoms with Crippen molar-refractivity contribution in [1.82, 2.24) is 5.32 Å². The zero-order chi connectivity index (χ0) is 22.5. The van der Waals surface area contributed by atoms with Gasteiger partial charge in [-0.2, -0.15) is 0 Å². The maximum absolute atomic E-state index is 15.6. The van der Waals surface area contributed by atoms with Gasteiger partial charge in [-0.15, -0.1) is 0 Å². The molecule has 0 spiro atoms. The van der Waals surface area contributed by atoms with Crippen LogP contribution < -0.4 is 5.32 Å². The van der Waals surface area contributed by atoms with Crippen molar-refractivity contribution >= 4 is 45.1 Å². The van der Waals surface area contributed by atoms with E-state index in [-0.39, 0.29) is 10.5 Å². The van der Waals surface area contributed by atoms with Crippen LogP contribution in [-0.2, 0) is 19.4 Å². The predicted molar refractivity (Wildman–Crippen MR) is 110 cm³/mol. The number of halogens is 3. The summed E-state index contributed by atoms with van der Waals surface area (Å²) in [6, 6.07) is 3.80. The number of carbonyl (C=O) groups is 2. The molecule has 1 aliphatic rings. The molecule has 11 heteroatoms.